The van der Waals surface area contributed by atoms with E-state index in [1.54, 1.807) is 87.0 Å². The maximum absolute atomic E-state index is 13.6. The van der Waals surface area contributed by atoms with E-state index in [1.165, 1.54) is 0 Å². The van der Waals surface area contributed by atoms with Gasteiger partial charge in [-0.2, -0.15) is 0 Å². The first kappa shape index (κ1) is 29.8. The summed E-state index contributed by atoms with van der Waals surface area (Å²) in [6.45, 7) is 0. The van der Waals surface area contributed by atoms with Crippen molar-refractivity contribution in [2.75, 3.05) is 24.0 Å². The smallest absolute Gasteiger partial charge is 0.210 e. The highest BCUT2D eigenvalue weighted by Crippen LogP contribution is 2.52. The second kappa shape index (κ2) is 11.0. The van der Waals surface area contributed by atoms with Crippen molar-refractivity contribution >= 4 is 53.8 Å². The van der Waals surface area contributed by atoms with Crippen LogP contribution in [0.25, 0.3) is 11.1 Å². The lowest BCUT2D eigenvalue weighted by atomic mass is 10.00. The molecule has 0 spiro atoms. The van der Waals surface area contributed by atoms with Crippen LogP contribution in [0.4, 0.5) is 34.1 Å². The number of benzene rings is 6. The summed E-state index contributed by atoms with van der Waals surface area (Å²) in [7, 11) is -4.29. The number of ether oxygens (including phenoxy) is 2. The van der Waals surface area contributed by atoms with Crippen LogP contribution < -0.4 is 19.3 Å². The quantitative estimate of drug-likeness (QED) is 0.180. The summed E-state index contributed by atoms with van der Waals surface area (Å²) in [6, 6.07) is 39.3. The van der Waals surface area contributed by atoms with E-state index in [4.69, 9.17) is 9.47 Å². The second-order valence-electron chi connectivity index (χ2n) is 11.3. The van der Waals surface area contributed by atoms with Crippen molar-refractivity contribution in [3.05, 3.63) is 133 Å². The Labute approximate surface area is 278 Å². The summed E-state index contributed by atoms with van der Waals surface area (Å²) in [6.07, 6.45) is 0. The molecule has 0 aliphatic carbocycles. The fourth-order valence-electron chi connectivity index (χ4n) is 6.62. The van der Waals surface area contributed by atoms with Crippen molar-refractivity contribution in [2.24, 2.45) is 0 Å². The largest absolute Gasteiger partial charge is 0.496 e. The predicted octanol–water partition coefficient (Wildman–Crippen LogP) is 8.60. The van der Waals surface area contributed by atoms with Crippen LogP contribution in [0.2, 0.25) is 0 Å². The van der Waals surface area contributed by atoms with Gasteiger partial charge in [0.1, 0.15) is 11.5 Å². The first-order valence-electron chi connectivity index (χ1n) is 15.1. The highest BCUT2D eigenvalue weighted by atomic mass is 32.2. The number of methoxy groups -OCH3 is 2. The van der Waals surface area contributed by atoms with E-state index in [0.29, 0.717) is 56.8 Å². The van der Waals surface area contributed by atoms with E-state index in [0.717, 1.165) is 0 Å². The summed E-state index contributed by atoms with van der Waals surface area (Å²) in [4.78, 5) is 4.76. The lowest BCUT2D eigenvalue weighted by Crippen LogP contribution is -2.22. The highest BCUT2D eigenvalue weighted by molar-refractivity contribution is 7.92. The molecule has 0 fully saturated rings. The number of rotatable bonds is 5. The Balaban J connectivity index is 1.35. The van der Waals surface area contributed by atoms with Gasteiger partial charge in [0, 0.05) is 22.5 Å². The molecule has 238 valence electrons. The van der Waals surface area contributed by atoms with Crippen LogP contribution in [0, 0.1) is 0 Å². The summed E-state index contributed by atoms with van der Waals surface area (Å²) in [5.74, 6) is 1.14. The van der Waals surface area contributed by atoms with E-state index in [9.17, 15) is 16.8 Å². The molecule has 6 aromatic rings. The molecule has 0 atom stereocenters. The van der Waals surface area contributed by atoms with Gasteiger partial charge in [0.15, 0.2) is 0 Å². The van der Waals surface area contributed by atoms with Gasteiger partial charge in [-0.25, -0.2) is 16.8 Å². The van der Waals surface area contributed by atoms with Crippen LogP contribution in [-0.4, -0.2) is 31.1 Å². The molecule has 2 aliphatic heterocycles. The summed E-state index contributed by atoms with van der Waals surface area (Å²) >= 11 is 0. The third-order valence-corrected chi connectivity index (χ3v) is 12.5. The first-order chi connectivity index (χ1) is 23.3. The number of anilines is 6. The molecule has 0 saturated heterocycles. The monoisotopic (exact) mass is 672 g/mol. The molecule has 0 radical (unpaired) electrons. The van der Waals surface area contributed by atoms with Crippen molar-refractivity contribution < 1.29 is 26.3 Å². The Bertz CT molecular complexity index is 2210. The fourth-order valence-corrected chi connectivity index (χ4v) is 9.86. The molecule has 8 rings (SSSR count). The van der Waals surface area contributed by atoms with E-state index in [1.807, 2.05) is 70.5 Å². The molecule has 0 aromatic heterocycles. The van der Waals surface area contributed by atoms with Gasteiger partial charge >= 0.3 is 0 Å². The van der Waals surface area contributed by atoms with Crippen LogP contribution in [-0.2, 0) is 19.7 Å². The lowest BCUT2D eigenvalue weighted by molar-refractivity contribution is 0.410. The van der Waals surface area contributed by atoms with Crippen molar-refractivity contribution in [2.45, 2.75) is 19.6 Å². The summed E-state index contributed by atoms with van der Waals surface area (Å²) in [5.41, 5.74) is 4.98. The molecule has 10 heteroatoms. The zero-order chi connectivity index (χ0) is 33.2. The minimum atomic E-state index is -3.74. The first-order valence-corrected chi connectivity index (χ1v) is 18.1. The molecule has 48 heavy (non-hydrogen) atoms. The van der Waals surface area contributed by atoms with Crippen LogP contribution >= 0.6 is 0 Å². The molecule has 6 aromatic carbocycles. The van der Waals surface area contributed by atoms with Crippen LogP contribution in [0.5, 0.6) is 11.5 Å². The normalized spacial score (nSPS) is 15.0. The van der Waals surface area contributed by atoms with Gasteiger partial charge in [-0.05, 0) is 84.9 Å². The number of hydrogen-bond donors (Lipinski definition) is 0. The minimum Gasteiger partial charge on any atom is -0.496 e. The van der Waals surface area contributed by atoms with Crippen molar-refractivity contribution in [3.63, 3.8) is 0 Å². The van der Waals surface area contributed by atoms with Crippen molar-refractivity contribution in [3.8, 4) is 22.6 Å². The Kier molecular flexibility index (Phi) is 6.83. The molecule has 0 N–H and O–H groups in total. The molecule has 8 nitrogen and oxygen atoms in total. The van der Waals surface area contributed by atoms with Crippen LogP contribution in [0.1, 0.15) is 0 Å². The number of sulfone groups is 2. The molecule has 0 saturated carbocycles. The topological polar surface area (TPSA) is 93.2 Å². The minimum absolute atomic E-state index is 0.220. The molecule has 0 unspecified atom stereocenters. The van der Waals surface area contributed by atoms with Gasteiger partial charge in [0.2, 0.25) is 19.7 Å². The Morgan fingerprint density at radius 1 is 0.417 bits per heavy atom. The molecular weight excluding hydrogens is 645 g/mol. The Morgan fingerprint density at radius 2 is 0.708 bits per heavy atom. The Morgan fingerprint density at radius 3 is 1.00 bits per heavy atom. The lowest BCUT2D eigenvalue weighted by Gasteiger charge is -2.34. The van der Waals surface area contributed by atoms with Crippen molar-refractivity contribution in [1.82, 2.24) is 0 Å². The molecule has 0 amide bonds. The second-order valence-corrected chi connectivity index (χ2v) is 15.1. The van der Waals surface area contributed by atoms with E-state index >= 15 is 0 Å². The highest BCUT2D eigenvalue weighted by Gasteiger charge is 2.36. The van der Waals surface area contributed by atoms with Gasteiger partial charge in [-0.3, -0.25) is 0 Å². The standard InChI is InChI=1S/C38H28N2O6S2/c1-45-33-21-19-25(39-29-11-3-7-15-35(29)47(41,42)36-16-8-4-12-30(36)39)23-27(33)28-24-26(20-22-34(28)46-2)40-31-13-5-9-17-37(31)48(43,44)38-18-10-6-14-32(38)40/h3-24H,1-2H3. The summed E-state index contributed by atoms with van der Waals surface area (Å²) < 4.78 is 66.3. The van der Waals surface area contributed by atoms with Gasteiger partial charge in [-0.1, -0.05) is 48.5 Å². The zero-order valence-electron chi connectivity index (χ0n) is 25.9. The summed E-state index contributed by atoms with van der Waals surface area (Å²) in [5, 5.41) is 0. The average molecular weight is 673 g/mol. The molecular formula is C38H28N2O6S2. The van der Waals surface area contributed by atoms with E-state index in [-0.39, 0.29) is 19.6 Å². The number of para-hydroxylation sites is 4. The van der Waals surface area contributed by atoms with Gasteiger partial charge in [0.05, 0.1) is 56.6 Å². The SMILES string of the molecule is COc1ccc(N2c3ccccc3S(=O)(=O)c3ccccc32)cc1-c1cc(N2c3ccccc3S(=O)(=O)c3ccccc32)ccc1OC. The van der Waals surface area contributed by atoms with E-state index < -0.39 is 19.7 Å². The van der Waals surface area contributed by atoms with E-state index in [2.05, 4.69) is 0 Å². The molecule has 2 aliphatic rings. The third-order valence-electron chi connectivity index (χ3n) is 8.76. The third kappa shape index (κ3) is 4.33. The van der Waals surface area contributed by atoms with Crippen LogP contribution in [0.3, 0.4) is 0 Å². The number of nitrogens with zero attached hydrogens (tertiary/aromatic N) is 2. The van der Waals surface area contributed by atoms with Crippen molar-refractivity contribution in [1.29, 1.82) is 0 Å². The van der Waals surface area contributed by atoms with Crippen LogP contribution in [0.15, 0.2) is 153 Å². The maximum atomic E-state index is 13.6. The molecule has 0 bridgehead atoms. The van der Waals surface area contributed by atoms with Gasteiger partial charge in [0.25, 0.3) is 0 Å². The fraction of sp³-hybridized carbons (Fsp3) is 0.0526. The maximum Gasteiger partial charge on any atom is 0.210 e. The predicted molar refractivity (Wildman–Crippen MR) is 185 cm³/mol. The average Bonchev–Trinajstić information content (AvgIpc) is 3.12. The number of fused-ring (bicyclic) bond motifs is 4. The van der Waals surface area contributed by atoms with Gasteiger partial charge in [-0.15, -0.1) is 0 Å². The zero-order valence-corrected chi connectivity index (χ0v) is 27.5. The Hall–Kier alpha value is -5.58. The van der Waals surface area contributed by atoms with Gasteiger partial charge < -0.3 is 19.3 Å². The number of hydrogen-bond acceptors (Lipinski definition) is 8. The molecule has 2 heterocycles.